The lowest BCUT2D eigenvalue weighted by Crippen LogP contribution is -2.11. The lowest BCUT2D eigenvalue weighted by molar-refractivity contribution is 0.199. The molecule has 3 aromatic rings. The van der Waals surface area contributed by atoms with Gasteiger partial charge in [0.1, 0.15) is 11.5 Å². The molecule has 1 unspecified atom stereocenters. The highest BCUT2D eigenvalue weighted by Crippen LogP contribution is 2.24. The first-order valence-electron chi connectivity index (χ1n) is 7.69. The molecule has 24 heavy (non-hydrogen) atoms. The van der Waals surface area contributed by atoms with Crippen LogP contribution < -0.4 is 5.32 Å². The number of halogens is 1. The molecule has 2 aromatic heterocycles. The minimum Gasteiger partial charge on any atom is -0.460 e. The fraction of sp³-hybridized carbons (Fsp3) is 0.211. The molecule has 0 spiro atoms. The number of nitrogens with zero attached hydrogens (tertiary/aromatic N) is 1. The van der Waals surface area contributed by atoms with E-state index in [0.29, 0.717) is 6.54 Å². The number of benzene rings is 1. The van der Waals surface area contributed by atoms with Crippen LogP contribution in [-0.2, 0) is 13.1 Å². The predicted molar refractivity (Wildman–Crippen MR) is 96.8 cm³/mol. The molecule has 0 aliphatic carbocycles. The van der Waals surface area contributed by atoms with Crippen LogP contribution in [-0.4, -0.2) is 10.1 Å². The summed E-state index contributed by atoms with van der Waals surface area (Å²) in [6, 6.07) is 15.7. The van der Waals surface area contributed by atoms with Gasteiger partial charge in [-0.1, -0.05) is 24.3 Å². The van der Waals surface area contributed by atoms with Crippen LogP contribution in [0.15, 0.2) is 65.3 Å². The van der Waals surface area contributed by atoms with E-state index in [9.17, 15) is 5.11 Å². The van der Waals surface area contributed by atoms with Gasteiger partial charge in [-0.15, -0.1) is 12.4 Å². The van der Waals surface area contributed by atoms with Crippen LogP contribution in [0.25, 0.3) is 11.3 Å². The minimum atomic E-state index is -0.450. The molecule has 126 valence electrons. The van der Waals surface area contributed by atoms with Crippen LogP contribution in [0.1, 0.15) is 29.9 Å². The Morgan fingerprint density at radius 1 is 1.00 bits per heavy atom. The first-order valence-corrected chi connectivity index (χ1v) is 7.69. The van der Waals surface area contributed by atoms with E-state index in [1.54, 1.807) is 19.3 Å². The number of hydrogen-bond acceptors (Lipinski definition) is 4. The Labute approximate surface area is 148 Å². The molecule has 5 heteroatoms. The molecule has 2 heterocycles. The molecule has 0 aliphatic rings. The maximum atomic E-state index is 9.54. The first-order chi connectivity index (χ1) is 11.2. The third kappa shape index (κ3) is 4.68. The minimum absolute atomic E-state index is 0. The summed E-state index contributed by atoms with van der Waals surface area (Å²) in [5, 5.41) is 12.9. The number of aliphatic hydroxyl groups is 1. The second kappa shape index (κ2) is 8.64. The molecular formula is C19H21ClN2O2. The van der Waals surface area contributed by atoms with Gasteiger partial charge < -0.3 is 14.8 Å². The third-order valence-electron chi connectivity index (χ3n) is 3.72. The number of aromatic nitrogens is 1. The van der Waals surface area contributed by atoms with Crippen LogP contribution in [0.5, 0.6) is 0 Å². The van der Waals surface area contributed by atoms with Crippen molar-refractivity contribution in [1.82, 2.24) is 10.3 Å². The number of pyridine rings is 1. The number of aliphatic hydroxyl groups excluding tert-OH is 1. The Morgan fingerprint density at radius 3 is 2.38 bits per heavy atom. The highest BCUT2D eigenvalue weighted by Gasteiger charge is 2.06. The lowest BCUT2D eigenvalue weighted by Gasteiger charge is -2.05. The van der Waals surface area contributed by atoms with E-state index in [-0.39, 0.29) is 12.4 Å². The van der Waals surface area contributed by atoms with E-state index in [4.69, 9.17) is 4.42 Å². The van der Waals surface area contributed by atoms with Crippen LogP contribution in [0.3, 0.4) is 0 Å². The molecule has 0 saturated carbocycles. The molecule has 3 rings (SSSR count). The summed E-state index contributed by atoms with van der Waals surface area (Å²) < 4.78 is 5.87. The summed E-state index contributed by atoms with van der Waals surface area (Å²) in [6.45, 7) is 3.21. The van der Waals surface area contributed by atoms with Gasteiger partial charge in [-0.3, -0.25) is 4.98 Å². The average molecular weight is 345 g/mol. The molecule has 1 aromatic carbocycles. The van der Waals surface area contributed by atoms with Gasteiger partial charge in [0, 0.05) is 24.5 Å². The predicted octanol–water partition coefficient (Wildman–Crippen LogP) is 4.11. The first kappa shape index (κ1) is 18.2. The van der Waals surface area contributed by atoms with Gasteiger partial charge in [0.15, 0.2) is 0 Å². The van der Waals surface area contributed by atoms with Crippen molar-refractivity contribution in [1.29, 1.82) is 0 Å². The molecule has 1 atom stereocenters. The summed E-state index contributed by atoms with van der Waals surface area (Å²) in [4.78, 5) is 4.00. The quantitative estimate of drug-likeness (QED) is 0.706. The van der Waals surface area contributed by atoms with Crippen molar-refractivity contribution in [2.45, 2.75) is 26.1 Å². The van der Waals surface area contributed by atoms with Gasteiger partial charge in [0.25, 0.3) is 0 Å². The number of nitrogens with one attached hydrogen (secondary N) is 1. The SMILES string of the molecule is CC(O)c1ccc(-c2ccc(CNCc3ccncc3)o2)cc1.Cl. The van der Waals surface area contributed by atoms with Gasteiger partial charge in [-0.05, 0) is 42.3 Å². The summed E-state index contributed by atoms with van der Waals surface area (Å²) in [5.41, 5.74) is 3.11. The molecule has 4 nitrogen and oxygen atoms in total. The van der Waals surface area contributed by atoms with Gasteiger partial charge >= 0.3 is 0 Å². The van der Waals surface area contributed by atoms with E-state index >= 15 is 0 Å². The Balaban J connectivity index is 0.00000208. The standard InChI is InChI=1S/C19H20N2O2.ClH/c1-14(22)16-2-4-17(5-3-16)19-7-6-18(23-19)13-21-12-15-8-10-20-11-9-15;/h2-11,14,21-22H,12-13H2,1H3;1H. The summed E-state index contributed by atoms with van der Waals surface area (Å²) in [6.07, 6.45) is 3.13. The van der Waals surface area contributed by atoms with Gasteiger partial charge in [0.05, 0.1) is 12.6 Å². The van der Waals surface area contributed by atoms with Crippen molar-refractivity contribution in [3.05, 3.63) is 77.8 Å². The summed E-state index contributed by atoms with van der Waals surface area (Å²) >= 11 is 0. The van der Waals surface area contributed by atoms with E-state index in [2.05, 4.69) is 10.3 Å². The molecular weight excluding hydrogens is 324 g/mol. The molecule has 0 radical (unpaired) electrons. The van der Waals surface area contributed by atoms with Gasteiger partial charge in [-0.2, -0.15) is 0 Å². The van der Waals surface area contributed by atoms with Crippen molar-refractivity contribution < 1.29 is 9.52 Å². The molecule has 0 aliphatic heterocycles. The summed E-state index contributed by atoms with van der Waals surface area (Å²) in [5.74, 6) is 1.73. The van der Waals surface area contributed by atoms with Crippen LogP contribution in [0, 0.1) is 0 Å². The maximum Gasteiger partial charge on any atom is 0.134 e. The van der Waals surface area contributed by atoms with Crippen molar-refractivity contribution in [3.8, 4) is 11.3 Å². The highest BCUT2D eigenvalue weighted by molar-refractivity contribution is 5.85. The Bertz CT molecular complexity index is 740. The zero-order chi connectivity index (χ0) is 16.1. The Hall–Kier alpha value is -2.14. The Kier molecular flexibility index (Phi) is 6.55. The highest BCUT2D eigenvalue weighted by atomic mass is 35.5. The number of rotatable bonds is 6. The second-order valence-corrected chi connectivity index (χ2v) is 5.52. The normalized spacial score (nSPS) is 11.8. The molecule has 0 saturated heterocycles. The lowest BCUT2D eigenvalue weighted by atomic mass is 10.1. The molecule has 2 N–H and O–H groups in total. The molecule has 0 fully saturated rings. The number of hydrogen-bond donors (Lipinski definition) is 2. The second-order valence-electron chi connectivity index (χ2n) is 5.52. The van der Waals surface area contributed by atoms with Crippen LogP contribution >= 0.6 is 12.4 Å². The summed E-state index contributed by atoms with van der Waals surface area (Å²) in [7, 11) is 0. The fourth-order valence-corrected chi connectivity index (χ4v) is 2.38. The maximum absolute atomic E-state index is 9.54. The van der Waals surface area contributed by atoms with E-state index in [1.165, 1.54) is 5.56 Å². The smallest absolute Gasteiger partial charge is 0.134 e. The van der Waals surface area contributed by atoms with Crippen molar-refractivity contribution in [2.75, 3.05) is 0 Å². The van der Waals surface area contributed by atoms with Crippen molar-refractivity contribution >= 4 is 12.4 Å². The topological polar surface area (TPSA) is 58.3 Å². The largest absolute Gasteiger partial charge is 0.460 e. The average Bonchev–Trinajstić information content (AvgIpc) is 3.05. The fourth-order valence-electron chi connectivity index (χ4n) is 2.38. The zero-order valence-corrected chi connectivity index (χ0v) is 14.3. The van der Waals surface area contributed by atoms with E-state index < -0.39 is 6.10 Å². The Morgan fingerprint density at radius 2 is 1.71 bits per heavy atom. The van der Waals surface area contributed by atoms with E-state index in [0.717, 1.165) is 29.2 Å². The van der Waals surface area contributed by atoms with Gasteiger partial charge in [0.2, 0.25) is 0 Å². The molecule has 0 bridgehead atoms. The van der Waals surface area contributed by atoms with Gasteiger partial charge in [-0.25, -0.2) is 0 Å². The van der Waals surface area contributed by atoms with Crippen LogP contribution in [0.2, 0.25) is 0 Å². The van der Waals surface area contributed by atoms with Crippen LogP contribution in [0.4, 0.5) is 0 Å². The third-order valence-corrected chi connectivity index (χ3v) is 3.72. The van der Waals surface area contributed by atoms with E-state index in [1.807, 2.05) is 48.5 Å². The van der Waals surface area contributed by atoms with Crippen molar-refractivity contribution in [2.24, 2.45) is 0 Å². The zero-order valence-electron chi connectivity index (χ0n) is 13.5. The molecule has 0 amide bonds. The monoisotopic (exact) mass is 344 g/mol. The number of furan rings is 1. The van der Waals surface area contributed by atoms with Crippen molar-refractivity contribution in [3.63, 3.8) is 0 Å².